The van der Waals surface area contributed by atoms with E-state index in [0.29, 0.717) is 30.0 Å². The van der Waals surface area contributed by atoms with Crippen molar-refractivity contribution in [1.82, 2.24) is 10.3 Å². The summed E-state index contributed by atoms with van der Waals surface area (Å²) in [7, 11) is 1.55. The van der Waals surface area contributed by atoms with Gasteiger partial charge in [-0.3, -0.25) is 9.59 Å². The molecule has 1 heterocycles. The summed E-state index contributed by atoms with van der Waals surface area (Å²) in [4.78, 5) is 28.2. The summed E-state index contributed by atoms with van der Waals surface area (Å²) in [5, 5.41) is 15.4. The van der Waals surface area contributed by atoms with Crippen LogP contribution < -0.4 is 15.4 Å². The van der Waals surface area contributed by atoms with Crippen LogP contribution in [-0.2, 0) is 4.79 Å². The number of aliphatic hydroxyl groups excluding tert-OH is 1. The lowest BCUT2D eigenvalue weighted by Gasteiger charge is -2.38. The lowest BCUT2D eigenvalue weighted by atomic mass is 9.75. The largest absolute Gasteiger partial charge is 0.481 e. The van der Waals surface area contributed by atoms with Crippen LogP contribution >= 0.6 is 0 Å². The van der Waals surface area contributed by atoms with Crippen molar-refractivity contribution in [3.63, 3.8) is 0 Å². The first-order chi connectivity index (χ1) is 13.0. The molecule has 2 aromatic rings. The van der Waals surface area contributed by atoms with Gasteiger partial charge in [0.2, 0.25) is 11.8 Å². The zero-order valence-corrected chi connectivity index (χ0v) is 15.3. The average molecular weight is 369 g/mol. The third-order valence-corrected chi connectivity index (χ3v) is 4.68. The molecule has 1 saturated carbocycles. The molecule has 2 amide bonds. The van der Waals surface area contributed by atoms with Crippen LogP contribution in [0.25, 0.3) is 0 Å². The van der Waals surface area contributed by atoms with Gasteiger partial charge in [-0.2, -0.15) is 0 Å². The molecule has 7 heteroatoms. The van der Waals surface area contributed by atoms with E-state index in [1.54, 1.807) is 43.6 Å². The summed E-state index contributed by atoms with van der Waals surface area (Å²) >= 11 is 0. The molecule has 1 fully saturated rings. The Kier molecular flexibility index (Phi) is 5.71. The van der Waals surface area contributed by atoms with Crippen molar-refractivity contribution < 1.29 is 19.4 Å². The molecule has 0 bridgehead atoms. The minimum atomic E-state index is -0.330. The number of benzene rings is 1. The van der Waals surface area contributed by atoms with Gasteiger partial charge in [0.05, 0.1) is 19.3 Å². The Morgan fingerprint density at radius 1 is 1.26 bits per heavy atom. The highest BCUT2D eigenvalue weighted by Gasteiger charge is 2.36. The smallest absolute Gasteiger partial charge is 0.251 e. The van der Waals surface area contributed by atoms with E-state index in [1.165, 1.54) is 6.92 Å². The topological polar surface area (TPSA) is 101 Å². The number of methoxy groups -OCH3 is 1. The first kappa shape index (κ1) is 18.8. The highest BCUT2D eigenvalue weighted by atomic mass is 16.5. The summed E-state index contributed by atoms with van der Waals surface area (Å²) in [6, 6.07) is 10.1. The summed E-state index contributed by atoms with van der Waals surface area (Å²) in [5.74, 6) is 0.195. The molecular formula is C20H23N3O4. The number of anilines is 1. The standard InChI is InChI=1S/C20H23N3O4/c1-12(24)22-16-5-3-4-13(8-16)20(26)23-19(15-9-17(25)10-15)14-6-7-18(27-2)21-11-14/h3-8,11,15,17,19,25H,9-10H2,1-2H3,(H,22,24)(H,23,26)/t15?,17?,19-/m0/s1. The van der Waals surface area contributed by atoms with Crippen LogP contribution in [0.5, 0.6) is 5.88 Å². The van der Waals surface area contributed by atoms with E-state index in [2.05, 4.69) is 15.6 Å². The molecule has 0 unspecified atom stereocenters. The van der Waals surface area contributed by atoms with Crippen molar-refractivity contribution in [2.24, 2.45) is 5.92 Å². The highest BCUT2D eigenvalue weighted by molar-refractivity contribution is 5.97. The lowest BCUT2D eigenvalue weighted by Crippen LogP contribution is -2.41. The normalized spacial score (nSPS) is 19.5. The van der Waals surface area contributed by atoms with Crippen LogP contribution in [0.1, 0.15) is 41.7 Å². The Bertz CT molecular complexity index is 816. The van der Waals surface area contributed by atoms with Crippen molar-refractivity contribution >= 4 is 17.5 Å². The van der Waals surface area contributed by atoms with Gasteiger partial charge in [-0.05, 0) is 42.5 Å². The molecule has 1 aliphatic carbocycles. The maximum atomic E-state index is 12.8. The molecule has 0 radical (unpaired) electrons. The fourth-order valence-electron chi connectivity index (χ4n) is 3.24. The third-order valence-electron chi connectivity index (χ3n) is 4.68. The van der Waals surface area contributed by atoms with Gasteiger partial charge in [0.25, 0.3) is 5.91 Å². The number of rotatable bonds is 6. The molecule has 1 atom stereocenters. The first-order valence-corrected chi connectivity index (χ1v) is 8.83. The van der Waals surface area contributed by atoms with Crippen LogP contribution in [0.4, 0.5) is 5.69 Å². The van der Waals surface area contributed by atoms with E-state index < -0.39 is 0 Å². The Morgan fingerprint density at radius 2 is 2.04 bits per heavy atom. The van der Waals surface area contributed by atoms with E-state index in [4.69, 9.17) is 4.74 Å². The van der Waals surface area contributed by atoms with Crippen LogP contribution in [0.2, 0.25) is 0 Å². The van der Waals surface area contributed by atoms with Crippen molar-refractivity contribution in [3.05, 3.63) is 53.7 Å². The fourth-order valence-corrected chi connectivity index (χ4v) is 3.24. The second-order valence-electron chi connectivity index (χ2n) is 6.73. The lowest BCUT2D eigenvalue weighted by molar-refractivity contribution is -0.114. The van der Waals surface area contributed by atoms with Crippen molar-refractivity contribution in [2.75, 3.05) is 12.4 Å². The number of aliphatic hydroxyl groups is 1. The molecule has 142 valence electrons. The molecular weight excluding hydrogens is 346 g/mol. The molecule has 0 aliphatic heterocycles. The summed E-state index contributed by atoms with van der Waals surface area (Å²) in [6.07, 6.45) is 2.61. The van der Waals surface area contributed by atoms with E-state index in [-0.39, 0.29) is 29.9 Å². The minimum Gasteiger partial charge on any atom is -0.481 e. The molecule has 3 N–H and O–H groups in total. The number of hydrogen-bond acceptors (Lipinski definition) is 5. The highest BCUT2D eigenvalue weighted by Crippen LogP contribution is 2.38. The monoisotopic (exact) mass is 369 g/mol. The number of amides is 2. The quantitative estimate of drug-likeness (QED) is 0.725. The van der Waals surface area contributed by atoms with E-state index in [0.717, 1.165) is 5.56 Å². The number of aromatic nitrogens is 1. The zero-order valence-electron chi connectivity index (χ0n) is 15.3. The Labute approximate surface area is 157 Å². The Balaban J connectivity index is 1.79. The third kappa shape index (κ3) is 4.62. The molecule has 7 nitrogen and oxygen atoms in total. The van der Waals surface area contributed by atoms with E-state index in [9.17, 15) is 14.7 Å². The maximum Gasteiger partial charge on any atom is 0.251 e. The SMILES string of the molecule is COc1ccc([C@H](NC(=O)c2cccc(NC(C)=O)c2)C2CC(O)C2)cn1. The number of carbonyl (C=O) groups is 2. The predicted molar refractivity (Wildman–Crippen MR) is 100 cm³/mol. The number of hydrogen-bond donors (Lipinski definition) is 3. The summed E-state index contributed by atoms with van der Waals surface area (Å²) < 4.78 is 5.09. The second-order valence-corrected chi connectivity index (χ2v) is 6.73. The van der Waals surface area contributed by atoms with Crippen molar-refractivity contribution in [2.45, 2.75) is 31.9 Å². The Hall–Kier alpha value is -2.93. The molecule has 0 spiro atoms. The zero-order chi connectivity index (χ0) is 19.4. The van der Waals surface area contributed by atoms with Gasteiger partial charge in [-0.1, -0.05) is 12.1 Å². The van der Waals surface area contributed by atoms with Gasteiger partial charge in [0.15, 0.2) is 0 Å². The number of ether oxygens (including phenoxy) is 1. The molecule has 1 aromatic heterocycles. The van der Waals surface area contributed by atoms with Crippen molar-refractivity contribution in [1.29, 1.82) is 0 Å². The van der Waals surface area contributed by atoms with Crippen LogP contribution in [0.3, 0.4) is 0 Å². The van der Waals surface area contributed by atoms with Gasteiger partial charge < -0.3 is 20.5 Å². The average Bonchev–Trinajstić information content (AvgIpc) is 2.63. The van der Waals surface area contributed by atoms with E-state index >= 15 is 0 Å². The second kappa shape index (κ2) is 8.18. The van der Waals surface area contributed by atoms with Crippen LogP contribution in [0.15, 0.2) is 42.6 Å². The van der Waals surface area contributed by atoms with Gasteiger partial charge in [0.1, 0.15) is 0 Å². The number of nitrogens with one attached hydrogen (secondary N) is 2. The van der Waals surface area contributed by atoms with Crippen LogP contribution in [-0.4, -0.2) is 35.1 Å². The number of pyridine rings is 1. The van der Waals surface area contributed by atoms with Gasteiger partial charge in [0, 0.05) is 30.4 Å². The minimum absolute atomic E-state index is 0.137. The van der Waals surface area contributed by atoms with Crippen molar-refractivity contribution in [3.8, 4) is 5.88 Å². The summed E-state index contributed by atoms with van der Waals surface area (Å²) in [5.41, 5.74) is 1.88. The molecule has 1 aliphatic rings. The molecule has 27 heavy (non-hydrogen) atoms. The maximum absolute atomic E-state index is 12.8. The Morgan fingerprint density at radius 3 is 2.63 bits per heavy atom. The molecule has 0 saturated heterocycles. The van der Waals surface area contributed by atoms with E-state index in [1.807, 2.05) is 6.07 Å². The van der Waals surface area contributed by atoms with Gasteiger partial charge >= 0.3 is 0 Å². The molecule has 1 aromatic carbocycles. The first-order valence-electron chi connectivity index (χ1n) is 8.83. The fraction of sp³-hybridized carbons (Fsp3) is 0.350. The van der Waals surface area contributed by atoms with Gasteiger partial charge in [-0.25, -0.2) is 4.98 Å². The predicted octanol–water partition coefficient (Wildman–Crippen LogP) is 2.29. The number of carbonyl (C=O) groups excluding carboxylic acids is 2. The number of nitrogens with zero attached hydrogens (tertiary/aromatic N) is 1. The van der Waals surface area contributed by atoms with Crippen LogP contribution in [0, 0.1) is 5.92 Å². The summed E-state index contributed by atoms with van der Waals surface area (Å²) in [6.45, 7) is 1.42. The van der Waals surface area contributed by atoms with Gasteiger partial charge in [-0.15, -0.1) is 0 Å². The molecule has 3 rings (SSSR count).